The Morgan fingerprint density at radius 2 is 2.19 bits per heavy atom. The topological polar surface area (TPSA) is 75.7 Å². The van der Waals surface area contributed by atoms with Gasteiger partial charge >= 0.3 is 16.3 Å². The molecule has 1 saturated carbocycles. The first-order chi connectivity index (χ1) is 7.51. The molecule has 16 heavy (non-hydrogen) atoms. The Morgan fingerprint density at radius 1 is 1.56 bits per heavy atom. The third kappa shape index (κ3) is 3.80. The molecule has 6 nitrogen and oxygen atoms in total. The molecule has 0 saturated heterocycles. The van der Waals surface area contributed by atoms with E-state index in [9.17, 15) is 13.2 Å². The Labute approximate surface area is 100 Å². The van der Waals surface area contributed by atoms with E-state index in [0.29, 0.717) is 0 Å². The second kappa shape index (κ2) is 5.70. The Morgan fingerprint density at radius 3 is 2.62 bits per heavy atom. The van der Waals surface area contributed by atoms with E-state index in [1.807, 2.05) is 4.72 Å². The van der Waals surface area contributed by atoms with Crippen molar-refractivity contribution in [2.24, 2.45) is 0 Å². The summed E-state index contributed by atoms with van der Waals surface area (Å²) in [7, 11) is -3.82. The summed E-state index contributed by atoms with van der Waals surface area (Å²) in [6, 6.07) is -0.0364. The van der Waals surface area contributed by atoms with Crippen LogP contribution in [-0.2, 0) is 14.9 Å². The molecule has 1 aliphatic rings. The molecule has 94 valence electrons. The van der Waals surface area contributed by atoms with Gasteiger partial charge in [0.2, 0.25) is 0 Å². The van der Waals surface area contributed by atoms with Gasteiger partial charge in [0.15, 0.2) is 0 Å². The lowest BCUT2D eigenvalue weighted by atomic mass is 10.6. The molecule has 0 aliphatic heterocycles. The normalized spacial score (nSPS) is 16.2. The molecule has 0 unspecified atom stereocenters. The van der Waals surface area contributed by atoms with E-state index in [4.69, 9.17) is 11.6 Å². The zero-order chi connectivity index (χ0) is 12.2. The molecule has 1 amide bonds. The van der Waals surface area contributed by atoms with E-state index in [0.717, 1.165) is 12.8 Å². The van der Waals surface area contributed by atoms with Crippen LogP contribution in [0.25, 0.3) is 0 Å². The Balaban J connectivity index is 2.62. The third-order valence-corrected chi connectivity index (χ3v) is 3.75. The van der Waals surface area contributed by atoms with Crippen molar-refractivity contribution in [3.63, 3.8) is 0 Å². The van der Waals surface area contributed by atoms with Gasteiger partial charge in [0.25, 0.3) is 0 Å². The lowest BCUT2D eigenvalue weighted by molar-refractivity contribution is 0.158. The van der Waals surface area contributed by atoms with E-state index in [1.54, 1.807) is 6.92 Å². The zero-order valence-electron chi connectivity index (χ0n) is 8.98. The second-order valence-electron chi connectivity index (χ2n) is 3.36. The molecule has 0 spiro atoms. The highest BCUT2D eigenvalue weighted by Gasteiger charge is 2.37. The highest BCUT2D eigenvalue weighted by atomic mass is 35.5. The predicted octanol–water partition coefficient (Wildman–Crippen LogP) is 0.680. The maximum Gasteiger partial charge on any atom is 0.421 e. The number of hydrogen-bond acceptors (Lipinski definition) is 4. The fraction of sp³-hybridized carbons (Fsp3) is 0.875. The molecule has 0 bridgehead atoms. The van der Waals surface area contributed by atoms with Crippen molar-refractivity contribution in [1.29, 1.82) is 0 Å². The van der Waals surface area contributed by atoms with Crippen molar-refractivity contribution in [2.75, 3.05) is 19.0 Å². The largest absolute Gasteiger partial charge is 0.449 e. The lowest BCUT2D eigenvalue weighted by Crippen LogP contribution is -2.45. The number of nitrogens with zero attached hydrogens (tertiary/aromatic N) is 1. The summed E-state index contributed by atoms with van der Waals surface area (Å²) >= 11 is 5.52. The fourth-order valence-electron chi connectivity index (χ4n) is 1.27. The minimum Gasteiger partial charge on any atom is -0.449 e. The van der Waals surface area contributed by atoms with Crippen molar-refractivity contribution in [3.05, 3.63) is 0 Å². The summed E-state index contributed by atoms with van der Waals surface area (Å²) in [5.74, 6) is 0.195. The van der Waals surface area contributed by atoms with Gasteiger partial charge in [0.05, 0.1) is 6.61 Å². The zero-order valence-corrected chi connectivity index (χ0v) is 10.6. The number of amides is 1. The van der Waals surface area contributed by atoms with Crippen LogP contribution in [0.15, 0.2) is 0 Å². The van der Waals surface area contributed by atoms with Crippen LogP contribution in [0, 0.1) is 0 Å². The lowest BCUT2D eigenvalue weighted by Gasteiger charge is -2.20. The van der Waals surface area contributed by atoms with E-state index < -0.39 is 16.3 Å². The van der Waals surface area contributed by atoms with Gasteiger partial charge in [0.1, 0.15) is 0 Å². The quantitative estimate of drug-likeness (QED) is 0.720. The van der Waals surface area contributed by atoms with Crippen LogP contribution in [0.3, 0.4) is 0 Å². The van der Waals surface area contributed by atoms with Gasteiger partial charge in [-0.2, -0.15) is 12.7 Å². The summed E-state index contributed by atoms with van der Waals surface area (Å²) in [4.78, 5) is 11.0. The van der Waals surface area contributed by atoms with Gasteiger partial charge < -0.3 is 4.74 Å². The van der Waals surface area contributed by atoms with Crippen molar-refractivity contribution >= 4 is 27.9 Å². The number of hydrogen-bond donors (Lipinski definition) is 1. The molecule has 0 atom stereocenters. The molecule has 0 aromatic carbocycles. The number of alkyl halides is 1. The molecule has 0 aromatic rings. The van der Waals surface area contributed by atoms with E-state index >= 15 is 0 Å². The first-order valence-electron chi connectivity index (χ1n) is 5.03. The maximum absolute atomic E-state index is 11.7. The first-order valence-corrected chi connectivity index (χ1v) is 7.01. The van der Waals surface area contributed by atoms with Gasteiger partial charge in [0, 0.05) is 18.5 Å². The smallest absolute Gasteiger partial charge is 0.421 e. The van der Waals surface area contributed by atoms with Crippen LogP contribution < -0.4 is 4.72 Å². The number of rotatable bonds is 6. The molecule has 1 fully saturated rings. The van der Waals surface area contributed by atoms with Crippen LogP contribution >= 0.6 is 11.6 Å². The highest BCUT2D eigenvalue weighted by molar-refractivity contribution is 7.87. The molecule has 1 N–H and O–H groups in total. The number of ether oxygens (including phenoxy) is 1. The molecule has 0 heterocycles. The molecule has 8 heteroatoms. The van der Waals surface area contributed by atoms with Crippen LogP contribution in [0.1, 0.15) is 19.8 Å². The number of carbonyl (C=O) groups is 1. The molecule has 0 radical (unpaired) electrons. The number of nitrogens with one attached hydrogen (secondary N) is 1. The van der Waals surface area contributed by atoms with E-state index in [1.165, 1.54) is 4.31 Å². The van der Waals surface area contributed by atoms with Crippen molar-refractivity contribution < 1.29 is 17.9 Å². The standard InChI is InChI=1S/C8H15ClN2O4S/c1-2-15-8(12)10-16(13,14)11(6-5-9)7-3-4-7/h7H,2-6H2,1H3,(H,10,12). The van der Waals surface area contributed by atoms with E-state index in [-0.39, 0.29) is 25.1 Å². The average molecular weight is 271 g/mol. The molecule has 1 rings (SSSR count). The molecular formula is C8H15ClN2O4S. The van der Waals surface area contributed by atoms with Gasteiger partial charge in [-0.25, -0.2) is 9.52 Å². The van der Waals surface area contributed by atoms with Crippen molar-refractivity contribution in [2.45, 2.75) is 25.8 Å². The maximum atomic E-state index is 11.7. The Kier molecular flexibility index (Phi) is 4.82. The minimum absolute atomic E-state index is 0.0364. The molecule has 0 aromatic heterocycles. The second-order valence-corrected chi connectivity index (χ2v) is 5.36. The summed E-state index contributed by atoms with van der Waals surface area (Å²) in [6.45, 7) is 1.92. The summed E-state index contributed by atoms with van der Waals surface area (Å²) < 4.78 is 31.0. The highest BCUT2D eigenvalue weighted by Crippen LogP contribution is 2.28. The van der Waals surface area contributed by atoms with Gasteiger partial charge in [-0.05, 0) is 19.8 Å². The summed E-state index contributed by atoms with van der Waals surface area (Å²) in [5, 5.41) is 0. The number of halogens is 1. The fourth-order valence-corrected chi connectivity index (χ4v) is 2.87. The molecular weight excluding hydrogens is 256 g/mol. The molecule has 1 aliphatic carbocycles. The third-order valence-electron chi connectivity index (χ3n) is 2.06. The van der Waals surface area contributed by atoms with E-state index in [2.05, 4.69) is 4.74 Å². The monoisotopic (exact) mass is 270 g/mol. The van der Waals surface area contributed by atoms with Crippen molar-refractivity contribution in [3.8, 4) is 0 Å². The van der Waals surface area contributed by atoms with Gasteiger partial charge in [-0.1, -0.05) is 0 Å². The van der Waals surface area contributed by atoms with Gasteiger partial charge in [-0.3, -0.25) is 0 Å². The minimum atomic E-state index is -3.82. The Bertz CT molecular complexity index is 342. The van der Waals surface area contributed by atoms with Crippen LogP contribution in [-0.4, -0.2) is 43.9 Å². The SMILES string of the molecule is CCOC(=O)NS(=O)(=O)N(CCCl)C1CC1. The summed E-state index contributed by atoms with van der Waals surface area (Å²) in [5.41, 5.74) is 0. The van der Waals surface area contributed by atoms with Gasteiger partial charge in [-0.15, -0.1) is 11.6 Å². The average Bonchev–Trinajstić information content (AvgIpc) is 2.96. The predicted molar refractivity (Wildman–Crippen MR) is 59.5 cm³/mol. The van der Waals surface area contributed by atoms with Crippen LogP contribution in [0.4, 0.5) is 4.79 Å². The number of carbonyl (C=O) groups excluding carboxylic acids is 1. The van der Waals surface area contributed by atoms with Crippen LogP contribution in [0.2, 0.25) is 0 Å². The van der Waals surface area contributed by atoms with Crippen molar-refractivity contribution in [1.82, 2.24) is 9.03 Å². The first kappa shape index (κ1) is 13.5. The summed E-state index contributed by atoms with van der Waals surface area (Å²) in [6.07, 6.45) is 0.657. The Hall–Kier alpha value is -0.530. The van der Waals surface area contributed by atoms with Crippen LogP contribution in [0.5, 0.6) is 0 Å².